The first kappa shape index (κ1) is 10.5. The van der Waals surface area contributed by atoms with Gasteiger partial charge in [0.15, 0.2) is 0 Å². The fraction of sp³-hybridized carbons (Fsp3) is 0.900. The zero-order chi connectivity index (χ0) is 9.68. The van der Waals surface area contributed by atoms with Crippen LogP contribution in [0.1, 0.15) is 32.6 Å². The molecule has 0 aromatic carbocycles. The van der Waals surface area contributed by atoms with Crippen LogP contribution >= 0.6 is 0 Å². The number of rotatable bonds is 3. The zero-order valence-corrected chi connectivity index (χ0v) is 8.46. The fourth-order valence-electron chi connectivity index (χ4n) is 1.83. The monoisotopic (exact) mass is 184 g/mol. The number of amides is 1. The molecule has 2 N–H and O–H groups in total. The molecule has 0 aromatic heterocycles. The van der Waals surface area contributed by atoms with Crippen molar-refractivity contribution in [1.82, 2.24) is 4.90 Å². The molecule has 3 nitrogen and oxygen atoms in total. The molecule has 1 aliphatic heterocycles. The lowest BCUT2D eigenvalue weighted by Crippen LogP contribution is -2.39. The van der Waals surface area contributed by atoms with Crippen molar-refractivity contribution in [1.29, 1.82) is 0 Å². The van der Waals surface area contributed by atoms with E-state index in [1.165, 1.54) is 6.42 Å². The molecule has 0 radical (unpaired) electrons. The number of hydrogen-bond acceptors (Lipinski definition) is 2. The molecule has 0 spiro atoms. The maximum absolute atomic E-state index is 11.6. The Morgan fingerprint density at radius 2 is 2.38 bits per heavy atom. The molecule has 13 heavy (non-hydrogen) atoms. The molecule has 0 bridgehead atoms. The summed E-state index contributed by atoms with van der Waals surface area (Å²) in [5.41, 5.74) is 5.36. The third-order valence-corrected chi connectivity index (χ3v) is 2.60. The molecular formula is C10H20N2O. The predicted octanol–water partition coefficient (Wildman–Crippen LogP) is 0.984. The molecule has 3 heteroatoms. The van der Waals surface area contributed by atoms with E-state index in [4.69, 9.17) is 5.73 Å². The van der Waals surface area contributed by atoms with Crippen molar-refractivity contribution in [2.45, 2.75) is 32.6 Å². The number of carbonyl (C=O) groups is 1. The topological polar surface area (TPSA) is 46.3 Å². The summed E-state index contributed by atoms with van der Waals surface area (Å²) in [6.45, 7) is 4.73. The molecule has 1 heterocycles. The Morgan fingerprint density at radius 3 is 3.00 bits per heavy atom. The van der Waals surface area contributed by atoms with Gasteiger partial charge in [-0.05, 0) is 31.7 Å². The number of likely N-dealkylation sites (tertiary alicyclic amines) is 1. The van der Waals surface area contributed by atoms with Crippen LogP contribution in [0.25, 0.3) is 0 Å². The Kier molecular flexibility index (Phi) is 4.22. The van der Waals surface area contributed by atoms with Gasteiger partial charge in [-0.15, -0.1) is 0 Å². The molecule has 0 saturated carbocycles. The van der Waals surface area contributed by atoms with E-state index in [2.05, 4.69) is 6.92 Å². The van der Waals surface area contributed by atoms with Crippen LogP contribution in [0, 0.1) is 5.92 Å². The lowest BCUT2D eigenvalue weighted by atomic mass is 10.00. The highest BCUT2D eigenvalue weighted by Crippen LogP contribution is 2.16. The average molecular weight is 184 g/mol. The number of nitrogens with zero attached hydrogens (tertiary/aromatic N) is 1. The number of hydrogen-bond donors (Lipinski definition) is 1. The number of carbonyl (C=O) groups excluding carboxylic acids is 1. The quantitative estimate of drug-likeness (QED) is 0.711. The van der Waals surface area contributed by atoms with Crippen molar-refractivity contribution in [2.75, 3.05) is 19.6 Å². The molecule has 1 aliphatic rings. The first-order valence-electron chi connectivity index (χ1n) is 5.22. The Morgan fingerprint density at radius 1 is 1.62 bits per heavy atom. The zero-order valence-electron chi connectivity index (χ0n) is 8.46. The second-order valence-corrected chi connectivity index (χ2v) is 3.98. The van der Waals surface area contributed by atoms with Gasteiger partial charge in [-0.3, -0.25) is 4.79 Å². The summed E-state index contributed by atoms with van der Waals surface area (Å²) < 4.78 is 0. The average Bonchev–Trinajstić information content (AvgIpc) is 2.14. The van der Waals surface area contributed by atoms with E-state index < -0.39 is 0 Å². The van der Waals surface area contributed by atoms with Crippen molar-refractivity contribution in [2.24, 2.45) is 11.7 Å². The molecule has 0 unspecified atom stereocenters. The van der Waals surface area contributed by atoms with Gasteiger partial charge in [0.05, 0.1) is 0 Å². The van der Waals surface area contributed by atoms with Crippen LogP contribution in [0.2, 0.25) is 0 Å². The highest BCUT2D eigenvalue weighted by molar-refractivity contribution is 5.76. The molecule has 0 aliphatic carbocycles. The minimum absolute atomic E-state index is 0.289. The smallest absolute Gasteiger partial charge is 0.222 e. The Labute approximate surface area is 80.3 Å². The van der Waals surface area contributed by atoms with Gasteiger partial charge in [0, 0.05) is 19.5 Å². The van der Waals surface area contributed by atoms with Crippen LogP contribution in [-0.4, -0.2) is 30.4 Å². The standard InChI is InChI=1S/C10H20N2O/c1-9-4-3-7-12(8-9)10(13)5-2-6-11/h9H,2-8,11H2,1H3/t9-/m0/s1. The molecule has 1 amide bonds. The predicted molar refractivity (Wildman–Crippen MR) is 53.3 cm³/mol. The third kappa shape index (κ3) is 3.35. The molecular weight excluding hydrogens is 164 g/mol. The summed E-state index contributed by atoms with van der Waals surface area (Å²) in [5, 5.41) is 0. The van der Waals surface area contributed by atoms with E-state index in [1.54, 1.807) is 0 Å². The highest BCUT2D eigenvalue weighted by atomic mass is 16.2. The molecule has 1 rings (SSSR count). The highest BCUT2D eigenvalue weighted by Gasteiger charge is 2.19. The van der Waals surface area contributed by atoms with Gasteiger partial charge in [0.25, 0.3) is 0 Å². The summed E-state index contributed by atoms with van der Waals surface area (Å²) in [6, 6.07) is 0. The van der Waals surface area contributed by atoms with Gasteiger partial charge in [0.2, 0.25) is 5.91 Å². The van der Waals surface area contributed by atoms with Crippen LogP contribution < -0.4 is 5.73 Å². The van der Waals surface area contributed by atoms with E-state index in [-0.39, 0.29) is 5.91 Å². The van der Waals surface area contributed by atoms with E-state index in [0.717, 1.165) is 25.9 Å². The van der Waals surface area contributed by atoms with Gasteiger partial charge in [0.1, 0.15) is 0 Å². The largest absolute Gasteiger partial charge is 0.342 e. The first-order valence-corrected chi connectivity index (χ1v) is 5.22. The summed E-state index contributed by atoms with van der Waals surface area (Å²) in [5.74, 6) is 0.965. The van der Waals surface area contributed by atoms with Gasteiger partial charge in [-0.1, -0.05) is 6.92 Å². The summed E-state index contributed by atoms with van der Waals surface area (Å²) in [6.07, 6.45) is 3.88. The fourth-order valence-corrected chi connectivity index (χ4v) is 1.83. The number of piperidine rings is 1. The van der Waals surface area contributed by atoms with Crippen molar-refractivity contribution in [3.8, 4) is 0 Å². The normalized spacial score (nSPS) is 23.2. The molecule has 1 fully saturated rings. The van der Waals surface area contributed by atoms with Gasteiger partial charge >= 0.3 is 0 Å². The second-order valence-electron chi connectivity index (χ2n) is 3.98. The number of nitrogens with two attached hydrogens (primary N) is 1. The van der Waals surface area contributed by atoms with Gasteiger partial charge < -0.3 is 10.6 Å². The Hall–Kier alpha value is -0.570. The molecule has 1 atom stereocenters. The second kappa shape index (κ2) is 5.22. The van der Waals surface area contributed by atoms with Crippen LogP contribution in [0.5, 0.6) is 0 Å². The molecule has 76 valence electrons. The van der Waals surface area contributed by atoms with Gasteiger partial charge in [-0.2, -0.15) is 0 Å². The minimum Gasteiger partial charge on any atom is -0.342 e. The van der Waals surface area contributed by atoms with Crippen molar-refractivity contribution in [3.05, 3.63) is 0 Å². The van der Waals surface area contributed by atoms with Crippen molar-refractivity contribution < 1.29 is 4.79 Å². The Bertz CT molecular complexity index is 170. The van der Waals surface area contributed by atoms with E-state index in [1.807, 2.05) is 4.90 Å². The maximum Gasteiger partial charge on any atom is 0.222 e. The van der Waals surface area contributed by atoms with Crippen molar-refractivity contribution >= 4 is 5.91 Å². The van der Waals surface area contributed by atoms with Crippen molar-refractivity contribution in [3.63, 3.8) is 0 Å². The summed E-state index contributed by atoms with van der Waals surface area (Å²) >= 11 is 0. The summed E-state index contributed by atoms with van der Waals surface area (Å²) in [7, 11) is 0. The van der Waals surface area contributed by atoms with E-state index in [9.17, 15) is 4.79 Å². The molecule has 0 aromatic rings. The van der Waals surface area contributed by atoms with Gasteiger partial charge in [-0.25, -0.2) is 0 Å². The van der Waals surface area contributed by atoms with Crippen LogP contribution in [0.15, 0.2) is 0 Å². The third-order valence-electron chi connectivity index (χ3n) is 2.60. The van der Waals surface area contributed by atoms with Crippen LogP contribution in [0.4, 0.5) is 0 Å². The van der Waals surface area contributed by atoms with Crippen LogP contribution in [0.3, 0.4) is 0 Å². The first-order chi connectivity index (χ1) is 6.24. The van der Waals surface area contributed by atoms with E-state index in [0.29, 0.717) is 18.9 Å². The lowest BCUT2D eigenvalue weighted by Gasteiger charge is -2.31. The molecule has 1 saturated heterocycles. The lowest BCUT2D eigenvalue weighted by molar-refractivity contribution is -0.132. The summed E-state index contributed by atoms with van der Waals surface area (Å²) in [4.78, 5) is 13.6. The van der Waals surface area contributed by atoms with E-state index >= 15 is 0 Å². The maximum atomic E-state index is 11.6. The SMILES string of the molecule is C[C@H]1CCCN(C(=O)CCCN)C1. The Balaban J connectivity index is 2.28. The van der Waals surface area contributed by atoms with Crippen LogP contribution in [-0.2, 0) is 4.79 Å². The minimum atomic E-state index is 0.289.